The second kappa shape index (κ2) is 9.57. The van der Waals surface area contributed by atoms with Gasteiger partial charge in [0, 0.05) is 6.54 Å². The number of amides is 2. The molecule has 0 fully saturated rings. The number of ether oxygens (including phenoxy) is 2. The summed E-state index contributed by atoms with van der Waals surface area (Å²) in [7, 11) is 0. The van der Waals surface area contributed by atoms with Crippen LogP contribution in [0.4, 0.5) is 9.59 Å². The van der Waals surface area contributed by atoms with E-state index in [1.807, 2.05) is 0 Å². The molecule has 0 spiro atoms. The predicted molar refractivity (Wildman–Crippen MR) is 96.8 cm³/mol. The molecule has 0 aromatic carbocycles. The Morgan fingerprint density at radius 1 is 0.960 bits per heavy atom. The Morgan fingerprint density at radius 2 is 1.40 bits per heavy atom. The van der Waals surface area contributed by atoms with E-state index in [0.717, 1.165) is 6.42 Å². The van der Waals surface area contributed by atoms with E-state index in [-0.39, 0.29) is 12.1 Å². The van der Waals surface area contributed by atoms with Crippen molar-refractivity contribution in [2.24, 2.45) is 22.2 Å². The summed E-state index contributed by atoms with van der Waals surface area (Å²) in [5.41, 5.74) is 15.2. The molecule has 0 heterocycles. The maximum Gasteiger partial charge on any atom is 0.427 e. The molecule has 0 radical (unpaired) electrons. The second-order valence-electron chi connectivity index (χ2n) is 7.70. The molecule has 25 heavy (non-hydrogen) atoms. The largest absolute Gasteiger partial charge is 0.443 e. The molecule has 0 aromatic heterocycles. The number of carbonyl (C=O) groups excluding carboxylic acids is 2. The van der Waals surface area contributed by atoms with Crippen molar-refractivity contribution in [2.75, 3.05) is 6.54 Å². The highest BCUT2D eigenvalue weighted by atomic mass is 16.6. The summed E-state index contributed by atoms with van der Waals surface area (Å²) in [6, 6.07) is 0. The zero-order valence-electron chi connectivity index (χ0n) is 16.2. The van der Waals surface area contributed by atoms with Crippen molar-refractivity contribution in [3.8, 4) is 0 Å². The number of hydrogen-bond donors (Lipinski definition) is 3. The van der Waals surface area contributed by atoms with Gasteiger partial charge in [0.1, 0.15) is 11.2 Å². The fourth-order valence-corrected chi connectivity index (χ4v) is 1.63. The average molecular weight is 359 g/mol. The molecule has 9 heteroatoms. The van der Waals surface area contributed by atoms with E-state index in [9.17, 15) is 9.59 Å². The van der Waals surface area contributed by atoms with Crippen LogP contribution in [0.2, 0.25) is 0 Å². The van der Waals surface area contributed by atoms with E-state index in [1.54, 1.807) is 41.5 Å². The monoisotopic (exact) mass is 359 g/mol. The summed E-state index contributed by atoms with van der Waals surface area (Å²) in [4.78, 5) is 29.3. The first-order valence-electron chi connectivity index (χ1n) is 8.30. The number of unbranched alkanes of at least 4 members (excludes halogenated alkanes) is 1. The van der Waals surface area contributed by atoms with Crippen molar-refractivity contribution in [1.82, 2.24) is 4.90 Å². The van der Waals surface area contributed by atoms with Crippen LogP contribution in [-0.2, 0) is 9.47 Å². The molecule has 0 aliphatic carbocycles. The van der Waals surface area contributed by atoms with Gasteiger partial charge in [-0.1, -0.05) is 0 Å². The highest BCUT2D eigenvalue weighted by Gasteiger charge is 2.33. The quantitative estimate of drug-likeness (QED) is 0.294. The fourth-order valence-electron chi connectivity index (χ4n) is 1.63. The van der Waals surface area contributed by atoms with Gasteiger partial charge in [0.05, 0.1) is 6.17 Å². The Balaban J connectivity index is 5.09. The van der Waals surface area contributed by atoms with Crippen LogP contribution >= 0.6 is 0 Å². The number of rotatable bonds is 5. The number of hydrogen-bond acceptors (Lipinski definition) is 7. The number of imide groups is 1. The van der Waals surface area contributed by atoms with Gasteiger partial charge in [-0.15, -0.1) is 4.90 Å². The van der Waals surface area contributed by atoms with Crippen LogP contribution < -0.4 is 17.2 Å². The van der Waals surface area contributed by atoms with Gasteiger partial charge in [0.15, 0.2) is 0 Å². The summed E-state index contributed by atoms with van der Waals surface area (Å²) in [6.07, 6.45) is -0.174. The highest BCUT2D eigenvalue weighted by Crippen LogP contribution is 2.14. The Kier molecular flexibility index (Phi) is 8.86. The molecule has 6 N–H and O–H groups in total. The molecule has 0 saturated carbocycles. The molecular weight excluding hydrogens is 326 g/mol. The van der Waals surface area contributed by atoms with Crippen LogP contribution in [-0.4, -0.2) is 47.0 Å². The number of guanidine groups is 1. The Bertz CT molecular complexity index is 450. The third kappa shape index (κ3) is 11.3. The van der Waals surface area contributed by atoms with Gasteiger partial charge in [-0.05, 0) is 60.8 Å². The topological polar surface area (TPSA) is 146 Å². The number of carbonyl (C=O) groups is 2. The summed E-state index contributed by atoms with van der Waals surface area (Å²) < 4.78 is 10.4. The van der Waals surface area contributed by atoms with E-state index in [2.05, 4.69) is 4.99 Å². The number of nitrogens with zero attached hydrogens (tertiary/aromatic N) is 2. The van der Waals surface area contributed by atoms with Crippen LogP contribution in [0.5, 0.6) is 0 Å². The summed E-state index contributed by atoms with van der Waals surface area (Å²) in [5.74, 6) is -0.277. The van der Waals surface area contributed by atoms with Crippen LogP contribution in [0.15, 0.2) is 4.99 Å². The van der Waals surface area contributed by atoms with Crippen LogP contribution in [0, 0.1) is 0 Å². The van der Waals surface area contributed by atoms with Crippen molar-refractivity contribution in [3.05, 3.63) is 0 Å². The third-order valence-electron chi connectivity index (χ3n) is 2.60. The molecular formula is C16H33N5O4. The fraction of sp³-hybridized carbons (Fsp3) is 0.812. The van der Waals surface area contributed by atoms with E-state index >= 15 is 0 Å². The predicted octanol–water partition coefficient (Wildman–Crippen LogP) is 1.89. The third-order valence-corrected chi connectivity index (χ3v) is 2.60. The highest BCUT2D eigenvalue weighted by molar-refractivity contribution is 6.07. The van der Waals surface area contributed by atoms with Crippen molar-refractivity contribution in [1.29, 1.82) is 0 Å². The number of aliphatic imine (C=N–C) groups is 1. The van der Waals surface area contributed by atoms with Gasteiger partial charge in [-0.3, -0.25) is 4.99 Å². The van der Waals surface area contributed by atoms with Gasteiger partial charge in [-0.2, -0.15) is 0 Å². The van der Waals surface area contributed by atoms with E-state index in [1.165, 1.54) is 0 Å². The Morgan fingerprint density at radius 3 is 1.76 bits per heavy atom. The molecule has 0 bridgehead atoms. The molecule has 2 amide bonds. The minimum absolute atomic E-state index is 0.277. The maximum atomic E-state index is 12.3. The molecule has 0 aliphatic heterocycles. The molecule has 0 aromatic rings. The zero-order valence-corrected chi connectivity index (χ0v) is 16.2. The smallest absolute Gasteiger partial charge is 0.427 e. The van der Waals surface area contributed by atoms with Gasteiger partial charge in [0.25, 0.3) is 0 Å². The van der Waals surface area contributed by atoms with Crippen molar-refractivity contribution in [3.63, 3.8) is 0 Å². The zero-order chi connectivity index (χ0) is 19.8. The molecule has 0 atom stereocenters. The van der Waals surface area contributed by atoms with Gasteiger partial charge in [0.2, 0.25) is 5.96 Å². The van der Waals surface area contributed by atoms with Crippen molar-refractivity contribution < 1.29 is 19.1 Å². The van der Waals surface area contributed by atoms with Crippen LogP contribution in [0.1, 0.15) is 60.8 Å². The van der Waals surface area contributed by atoms with Crippen molar-refractivity contribution in [2.45, 2.75) is 78.2 Å². The lowest BCUT2D eigenvalue weighted by atomic mass is 10.2. The molecule has 0 rings (SSSR count). The van der Waals surface area contributed by atoms with Gasteiger partial charge in [-0.25, -0.2) is 9.59 Å². The average Bonchev–Trinajstić information content (AvgIpc) is 2.33. The van der Waals surface area contributed by atoms with E-state index in [4.69, 9.17) is 26.7 Å². The molecule has 0 aliphatic rings. The SMILES string of the molecule is CC(C)(C)OC(=O)N(C(=O)OC(C)(C)C)C(N)=NCCCCC(N)N. The minimum atomic E-state index is -0.938. The number of nitrogens with two attached hydrogens (primary N) is 3. The van der Waals surface area contributed by atoms with Crippen molar-refractivity contribution >= 4 is 18.1 Å². The second-order valence-corrected chi connectivity index (χ2v) is 7.70. The maximum absolute atomic E-state index is 12.3. The Labute approximate surface area is 149 Å². The van der Waals surface area contributed by atoms with Gasteiger partial charge < -0.3 is 26.7 Å². The Hall–Kier alpha value is -1.87. The lowest BCUT2D eigenvalue weighted by Crippen LogP contribution is -2.50. The van der Waals surface area contributed by atoms with Crippen LogP contribution in [0.3, 0.4) is 0 Å². The first kappa shape index (κ1) is 23.1. The lowest BCUT2D eigenvalue weighted by Gasteiger charge is -2.27. The van der Waals surface area contributed by atoms with E-state index < -0.39 is 23.4 Å². The lowest BCUT2D eigenvalue weighted by molar-refractivity contribution is 0.0145. The molecule has 9 nitrogen and oxygen atoms in total. The first-order chi connectivity index (χ1) is 11.2. The van der Waals surface area contributed by atoms with E-state index in [0.29, 0.717) is 24.3 Å². The van der Waals surface area contributed by atoms with Gasteiger partial charge >= 0.3 is 12.2 Å². The summed E-state index contributed by atoms with van der Waals surface area (Å²) in [6.45, 7) is 10.4. The molecule has 0 unspecified atom stereocenters. The molecule has 146 valence electrons. The van der Waals surface area contributed by atoms with Crippen LogP contribution in [0.25, 0.3) is 0 Å². The standard InChI is InChI=1S/C16H33N5O4/c1-15(2,3)24-13(22)21(14(23)25-16(4,5)6)12(19)20-10-8-7-9-11(17)18/h11H,7-10,17-18H2,1-6H3,(H2,19,20). The normalized spacial score (nSPS) is 12.9. The first-order valence-corrected chi connectivity index (χ1v) is 8.30. The minimum Gasteiger partial charge on any atom is -0.443 e. The summed E-state index contributed by atoms with van der Waals surface area (Å²) >= 11 is 0. The summed E-state index contributed by atoms with van der Waals surface area (Å²) in [5, 5.41) is 0. The molecule has 0 saturated heterocycles.